The molecule has 1 aliphatic rings. The summed E-state index contributed by atoms with van der Waals surface area (Å²) in [5, 5.41) is 5.50. The Morgan fingerprint density at radius 1 is 1.12 bits per heavy atom. The number of sulfonamides is 1. The van der Waals surface area contributed by atoms with Crippen LogP contribution in [0.15, 0.2) is 59.5 Å². The van der Waals surface area contributed by atoms with Gasteiger partial charge in [0, 0.05) is 19.6 Å². The Morgan fingerprint density at radius 3 is 2.50 bits per heavy atom. The highest BCUT2D eigenvalue weighted by Crippen LogP contribution is 2.24. The van der Waals surface area contributed by atoms with E-state index in [1.807, 2.05) is 30.3 Å². The molecule has 0 radical (unpaired) electrons. The minimum absolute atomic E-state index is 0.00822. The van der Waals surface area contributed by atoms with E-state index in [4.69, 9.17) is 0 Å². The van der Waals surface area contributed by atoms with Gasteiger partial charge < -0.3 is 10.6 Å². The number of nitrogens with zero attached hydrogens (tertiary/aromatic N) is 1. The molecule has 9 heteroatoms. The topological polar surface area (TPSA) is 95.6 Å². The van der Waals surface area contributed by atoms with Crippen LogP contribution in [-0.4, -0.2) is 50.2 Å². The molecule has 2 amide bonds. The molecule has 1 aliphatic heterocycles. The first kappa shape index (κ1) is 23.9. The summed E-state index contributed by atoms with van der Waals surface area (Å²) in [7, 11) is -3.82. The van der Waals surface area contributed by atoms with Gasteiger partial charge in [0.05, 0.1) is 10.8 Å². The van der Waals surface area contributed by atoms with Crippen molar-refractivity contribution in [3.05, 3.63) is 66.0 Å². The largest absolute Gasteiger partial charge is 0.354 e. The van der Waals surface area contributed by atoms with Gasteiger partial charge >= 0.3 is 0 Å². The zero-order chi connectivity index (χ0) is 23.1. The molecule has 2 atom stereocenters. The molecule has 0 aliphatic carbocycles. The zero-order valence-electron chi connectivity index (χ0n) is 18.0. The van der Waals surface area contributed by atoms with Crippen LogP contribution in [0.3, 0.4) is 0 Å². The maximum absolute atomic E-state index is 13.1. The van der Waals surface area contributed by atoms with Crippen LogP contribution in [0.25, 0.3) is 0 Å². The van der Waals surface area contributed by atoms with Gasteiger partial charge in [0.2, 0.25) is 21.8 Å². The number of hydrogen-bond donors (Lipinski definition) is 2. The van der Waals surface area contributed by atoms with Gasteiger partial charge in [0.15, 0.2) is 0 Å². The number of amides is 2. The number of carbonyl (C=O) groups is 2. The summed E-state index contributed by atoms with van der Waals surface area (Å²) in [5.74, 6) is -1.72. The average molecular weight is 462 g/mol. The van der Waals surface area contributed by atoms with Crippen molar-refractivity contribution in [1.82, 2.24) is 14.9 Å². The van der Waals surface area contributed by atoms with Crippen molar-refractivity contribution < 1.29 is 22.4 Å². The quantitative estimate of drug-likeness (QED) is 0.629. The fourth-order valence-electron chi connectivity index (χ4n) is 3.65. The molecule has 172 valence electrons. The number of halogens is 1. The third-order valence-corrected chi connectivity index (χ3v) is 7.39. The van der Waals surface area contributed by atoms with E-state index in [-0.39, 0.29) is 23.3 Å². The van der Waals surface area contributed by atoms with E-state index in [2.05, 4.69) is 10.6 Å². The van der Waals surface area contributed by atoms with Gasteiger partial charge in [-0.1, -0.05) is 30.3 Å². The normalized spacial score (nSPS) is 18.0. The summed E-state index contributed by atoms with van der Waals surface area (Å²) >= 11 is 0. The van der Waals surface area contributed by atoms with Gasteiger partial charge in [-0.3, -0.25) is 9.59 Å². The Kier molecular flexibility index (Phi) is 7.98. The van der Waals surface area contributed by atoms with Crippen LogP contribution in [0.4, 0.5) is 4.39 Å². The predicted molar refractivity (Wildman–Crippen MR) is 119 cm³/mol. The number of rotatable bonds is 8. The van der Waals surface area contributed by atoms with Gasteiger partial charge in [0.1, 0.15) is 11.9 Å². The van der Waals surface area contributed by atoms with Gasteiger partial charge in [-0.15, -0.1) is 0 Å². The fraction of sp³-hybridized carbons (Fsp3) is 0.391. The minimum Gasteiger partial charge on any atom is -0.354 e. The number of nitrogens with one attached hydrogen (secondary N) is 2. The molecule has 2 aromatic carbocycles. The lowest BCUT2D eigenvalue weighted by atomic mass is 9.98. The summed E-state index contributed by atoms with van der Waals surface area (Å²) in [5.41, 5.74) is 1.11. The van der Waals surface area contributed by atoms with Crippen molar-refractivity contribution in [1.29, 1.82) is 0 Å². The van der Waals surface area contributed by atoms with Crippen LogP contribution in [-0.2, 0) is 26.0 Å². The first-order valence-corrected chi connectivity index (χ1v) is 12.1. The Hall–Kier alpha value is -2.78. The number of piperidine rings is 1. The number of hydrogen-bond acceptors (Lipinski definition) is 4. The summed E-state index contributed by atoms with van der Waals surface area (Å²) in [6, 6.07) is 13.6. The Morgan fingerprint density at radius 2 is 1.81 bits per heavy atom. The molecule has 0 saturated carbocycles. The minimum atomic E-state index is -3.82. The molecule has 1 saturated heterocycles. The summed E-state index contributed by atoms with van der Waals surface area (Å²) in [4.78, 5) is 25.0. The molecule has 0 spiro atoms. The summed E-state index contributed by atoms with van der Waals surface area (Å²) < 4.78 is 40.1. The standard InChI is InChI=1S/C23H28FN3O4S/c1-17(22(28)25-14-13-18-6-3-2-4-7-18)26-23(29)19-8-5-15-27(16-19)32(30,31)21-11-9-20(24)10-12-21/h2-4,6-7,9-12,17,19H,5,8,13-16H2,1H3,(H,25,28)(H,26,29). The van der Waals surface area contributed by atoms with E-state index in [0.717, 1.165) is 17.7 Å². The lowest BCUT2D eigenvalue weighted by Gasteiger charge is -2.31. The van der Waals surface area contributed by atoms with Crippen LogP contribution < -0.4 is 10.6 Å². The van der Waals surface area contributed by atoms with Crippen molar-refractivity contribution in [3.63, 3.8) is 0 Å². The van der Waals surface area contributed by atoms with Gasteiger partial charge in [-0.05, 0) is 56.0 Å². The van der Waals surface area contributed by atoms with Crippen LogP contribution in [0.1, 0.15) is 25.3 Å². The van der Waals surface area contributed by atoms with E-state index in [9.17, 15) is 22.4 Å². The third kappa shape index (κ3) is 6.14. The molecule has 32 heavy (non-hydrogen) atoms. The maximum Gasteiger partial charge on any atom is 0.243 e. The van der Waals surface area contributed by atoms with Crippen molar-refractivity contribution in [3.8, 4) is 0 Å². The number of carbonyl (C=O) groups excluding carboxylic acids is 2. The molecule has 0 aromatic heterocycles. The zero-order valence-corrected chi connectivity index (χ0v) is 18.8. The van der Waals surface area contributed by atoms with Crippen LogP contribution >= 0.6 is 0 Å². The van der Waals surface area contributed by atoms with E-state index in [1.54, 1.807) is 6.92 Å². The summed E-state index contributed by atoms with van der Waals surface area (Å²) in [6.45, 7) is 2.37. The molecular weight excluding hydrogens is 433 g/mol. The van der Waals surface area contributed by atoms with Gasteiger partial charge in [-0.25, -0.2) is 12.8 Å². The van der Waals surface area contributed by atoms with Crippen LogP contribution in [0.5, 0.6) is 0 Å². The Balaban J connectivity index is 1.51. The molecule has 1 fully saturated rings. The van der Waals surface area contributed by atoms with E-state index < -0.39 is 27.8 Å². The van der Waals surface area contributed by atoms with E-state index in [1.165, 1.54) is 16.4 Å². The highest BCUT2D eigenvalue weighted by atomic mass is 32.2. The molecule has 7 nitrogen and oxygen atoms in total. The summed E-state index contributed by atoms with van der Waals surface area (Å²) in [6.07, 6.45) is 1.74. The SMILES string of the molecule is CC(NC(=O)C1CCCN(S(=O)(=O)c2ccc(F)cc2)C1)C(=O)NCCc1ccccc1. The Labute approximate surface area is 188 Å². The fourth-order valence-corrected chi connectivity index (χ4v) is 5.18. The van der Waals surface area contributed by atoms with E-state index in [0.29, 0.717) is 32.4 Å². The van der Waals surface area contributed by atoms with Crippen molar-refractivity contribution in [2.24, 2.45) is 5.92 Å². The molecule has 1 heterocycles. The lowest BCUT2D eigenvalue weighted by molar-refractivity contribution is -0.131. The lowest BCUT2D eigenvalue weighted by Crippen LogP contribution is -2.50. The molecule has 2 unspecified atom stereocenters. The highest BCUT2D eigenvalue weighted by molar-refractivity contribution is 7.89. The van der Waals surface area contributed by atoms with Crippen molar-refractivity contribution >= 4 is 21.8 Å². The third-order valence-electron chi connectivity index (χ3n) is 5.51. The predicted octanol–water partition coefficient (Wildman–Crippen LogP) is 2.09. The van der Waals surface area contributed by atoms with Crippen molar-refractivity contribution in [2.45, 2.75) is 37.1 Å². The second-order valence-corrected chi connectivity index (χ2v) is 9.85. The Bertz CT molecular complexity index is 1030. The van der Waals surface area contributed by atoms with E-state index >= 15 is 0 Å². The van der Waals surface area contributed by atoms with Crippen molar-refractivity contribution in [2.75, 3.05) is 19.6 Å². The smallest absolute Gasteiger partial charge is 0.243 e. The number of benzene rings is 2. The molecule has 0 bridgehead atoms. The van der Waals surface area contributed by atoms with Crippen LogP contribution in [0, 0.1) is 11.7 Å². The maximum atomic E-state index is 13.1. The monoisotopic (exact) mass is 461 g/mol. The molecule has 3 rings (SSSR count). The second-order valence-electron chi connectivity index (χ2n) is 7.91. The second kappa shape index (κ2) is 10.7. The van der Waals surface area contributed by atoms with Gasteiger partial charge in [0.25, 0.3) is 0 Å². The molecular formula is C23H28FN3O4S. The van der Waals surface area contributed by atoms with Crippen LogP contribution in [0.2, 0.25) is 0 Å². The highest BCUT2D eigenvalue weighted by Gasteiger charge is 2.34. The average Bonchev–Trinajstić information content (AvgIpc) is 2.80. The molecule has 2 N–H and O–H groups in total. The molecule has 2 aromatic rings. The first-order chi connectivity index (χ1) is 15.3. The van der Waals surface area contributed by atoms with Gasteiger partial charge in [-0.2, -0.15) is 4.31 Å². The first-order valence-electron chi connectivity index (χ1n) is 10.6.